The maximum Gasteiger partial charge on any atom is 0.328 e. The summed E-state index contributed by atoms with van der Waals surface area (Å²) in [6.45, 7) is 6.19. The molecule has 0 amide bonds. The summed E-state index contributed by atoms with van der Waals surface area (Å²) in [6.07, 6.45) is 5.43. The Labute approximate surface area is 223 Å². The van der Waals surface area contributed by atoms with E-state index in [4.69, 9.17) is 14.9 Å². The van der Waals surface area contributed by atoms with Crippen LogP contribution in [0.25, 0.3) is 0 Å². The lowest BCUT2D eigenvalue weighted by Gasteiger charge is -2.29. The van der Waals surface area contributed by atoms with Crippen molar-refractivity contribution < 1.29 is 24.5 Å². The summed E-state index contributed by atoms with van der Waals surface area (Å²) in [5, 5.41) is 15.6. The van der Waals surface area contributed by atoms with Crippen LogP contribution in [0, 0.1) is 6.92 Å². The smallest absolute Gasteiger partial charge is 0.328 e. The first-order valence-corrected chi connectivity index (χ1v) is 12.6. The minimum absolute atomic E-state index is 0.558. The number of aliphatic carboxylic acids is 2. The molecule has 1 aliphatic rings. The molecule has 0 saturated heterocycles. The van der Waals surface area contributed by atoms with Crippen molar-refractivity contribution in [2.45, 2.75) is 19.8 Å². The molecule has 0 spiro atoms. The van der Waals surface area contributed by atoms with E-state index in [0.29, 0.717) is 12.2 Å². The van der Waals surface area contributed by atoms with Crippen LogP contribution in [0.5, 0.6) is 5.75 Å². The molecule has 1 aliphatic heterocycles. The van der Waals surface area contributed by atoms with Gasteiger partial charge in [-0.1, -0.05) is 48.5 Å². The Bertz CT molecular complexity index is 1170. The molecule has 38 heavy (non-hydrogen) atoms. The van der Waals surface area contributed by atoms with Crippen LogP contribution in [0.15, 0.2) is 109 Å². The normalized spacial score (nSPS) is 13.2. The third kappa shape index (κ3) is 9.95. The molecule has 2 N–H and O–H groups in total. The molecule has 0 atom stereocenters. The molecule has 0 aliphatic carbocycles. The van der Waals surface area contributed by atoms with Gasteiger partial charge in [0.2, 0.25) is 0 Å². The monoisotopic (exact) mass is 514 g/mol. The Hall–Kier alpha value is -4.36. The molecule has 1 heterocycles. The number of hydrogen-bond donors (Lipinski definition) is 2. The number of rotatable bonds is 10. The lowest BCUT2D eigenvalue weighted by molar-refractivity contribution is -0.134. The van der Waals surface area contributed by atoms with E-state index in [-0.39, 0.29) is 0 Å². The number of aryl methyl sites for hydroxylation is 1. The van der Waals surface area contributed by atoms with E-state index in [1.165, 1.54) is 16.9 Å². The highest BCUT2D eigenvalue weighted by molar-refractivity contribution is 5.89. The Morgan fingerprint density at radius 2 is 1.50 bits per heavy atom. The van der Waals surface area contributed by atoms with Gasteiger partial charge in [0.15, 0.2) is 0 Å². The van der Waals surface area contributed by atoms with E-state index >= 15 is 0 Å². The van der Waals surface area contributed by atoms with Gasteiger partial charge in [0.1, 0.15) is 11.5 Å². The zero-order valence-corrected chi connectivity index (χ0v) is 21.6. The van der Waals surface area contributed by atoms with Crippen LogP contribution in [0.4, 0.5) is 11.4 Å². The van der Waals surface area contributed by atoms with Crippen molar-refractivity contribution in [1.82, 2.24) is 4.90 Å². The van der Waals surface area contributed by atoms with Crippen LogP contribution in [0.1, 0.15) is 18.4 Å². The molecule has 0 bridgehead atoms. The van der Waals surface area contributed by atoms with Crippen LogP contribution < -0.4 is 9.64 Å². The third-order valence-electron chi connectivity index (χ3n) is 5.85. The van der Waals surface area contributed by atoms with Crippen molar-refractivity contribution in [3.8, 4) is 5.75 Å². The fourth-order valence-electron chi connectivity index (χ4n) is 4.04. The molecule has 7 nitrogen and oxygen atoms in total. The van der Waals surface area contributed by atoms with Crippen LogP contribution in [-0.2, 0) is 9.59 Å². The van der Waals surface area contributed by atoms with Crippen molar-refractivity contribution >= 4 is 23.3 Å². The van der Waals surface area contributed by atoms with Gasteiger partial charge in [0, 0.05) is 56.1 Å². The quantitative estimate of drug-likeness (QED) is 0.325. The molecule has 0 unspecified atom stereocenters. The highest BCUT2D eigenvalue weighted by atomic mass is 16.5. The molecule has 0 radical (unpaired) electrons. The summed E-state index contributed by atoms with van der Waals surface area (Å²) in [5.41, 5.74) is 3.72. The van der Waals surface area contributed by atoms with Gasteiger partial charge in [-0.05, 0) is 61.4 Å². The summed E-state index contributed by atoms with van der Waals surface area (Å²) in [6, 6.07) is 29.6. The van der Waals surface area contributed by atoms with Gasteiger partial charge in [-0.3, -0.25) is 4.90 Å². The second-order valence-corrected chi connectivity index (χ2v) is 8.83. The predicted octanol–water partition coefficient (Wildman–Crippen LogP) is 5.90. The second-order valence-electron chi connectivity index (χ2n) is 8.83. The number of nitrogens with zero attached hydrogens (tertiary/aromatic N) is 2. The lowest BCUT2D eigenvalue weighted by Crippen LogP contribution is -2.32. The Kier molecular flexibility index (Phi) is 11.2. The standard InChI is InChI=1S/C27H30N2O.C4H4O4/c1-23-10-8-15-27(22-23)30-26-16-20-28(21-17-26)18-9-19-29(24-11-4-2-5-12-24)25-13-6-3-7-14-25;5-3(6)1-2-4(7)8/h2-8,10-16,22H,9,17-21H2,1H3;1-2H,(H,5,6)(H,7,8)/b;2-1+. The van der Waals surface area contributed by atoms with Gasteiger partial charge in [0.25, 0.3) is 0 Å². The van der Waals surface area contributed by atoms with Crippen LogP contribution in [0.3, 0.4) is 0 Å². The van der Waals surface area contributed by atoms with E-state index < -0.39 is 11.9 Å². The molecule has 3 aromatic carbocycles. The van der Waals surface area contributed by atoms with E-state index in [9.17, 15) is 9.59 Å². The van der Waals surface area contributed by atoms with Gasteiger partial charge in [0.05, 0.1) is 0 Å². The molecule has 3 aromatic rings. The minimum Gasteiger partial charge on any atom is -0.478 e. The largest absolute Gasteiger partial charge is 0.478 e. The maximum absolute atomic E-state index is 9.55. The van der Waals surface area contributed by atoms with Crippen LogP contribution in [-0.4, -0.2) is 53.2 Å². The predicted molar refractivity (Wildman–Crippen MR) is 150 cm³/mol. The van der Waals surface area contributed by atoms with Crippen molar-refractivity contribution in [1.29, 1.82) is 0 Å². The molecule has 0 fully saturated rings. The van der Waals surface area contributed by atoms with Crippen molar-refractivity contribution in [3.05, 3.63) is 114 Å². The van der Waals surface area contributed by atoms with Crippen LogP contribution >= 0.6 is 0 Å². The average Bonchev–Trinajstić information content (AvgIpc) is 2.92. The number of para-hydroxylation sites is 2. The van der Waals surface area contributed by atoms with E-state index in [2.05, 4.69) is 95.6 Å². The zero-order valence-electron chi connectivity index (χ0n) is 21.6. The van der Waals surface area contributed by atoms with Crippen molar-refractivity contribution in [2.75, 3.05) is 31.1 Å². The second kappa shape index (κ2) is 15.0. The fourth-order valence-corrected chi connectivity index (χ4v) is 4.04. The molecule has 0 saturated carbocycles. The highest BCUT2D eigenvalue weighted by Crippen LogP contribution is 2.25. The summed E-state index contributed by atoms with van der Waals surface area (Å²) >= 11 is 0. The molecule has 7 heteroatoms. The molecule has 4 rings (SSSR count). The Balaban J connectivity index is 0.000000436. The maximum atomic E-state index is 9.55. The van der Waals surface area contributed by atoms with Gasteiger partial charge < -0.3 is 19.8 Å². The number of carboxylic acid groups (broad SMARTS) is 2. The minimum atomic E-state index is -1.26. The SMILES string of the molecule is Cc1cccc(OC2=CCN(CCCN(c3ccccc3)c3ccccc3)CC2)c1.O=C(O)/C=C/C(=O)O. The molecule has 0 aromatic heterocycles. The fraction of sp³-hybridized carbons (Fsp3) is 0.226. The first-order valence-electron chi connectivity index (χ1n) is 12.6. The number of carboxylic acids is 2. The third-order valence-corrected chi connectivity index (χ3v) is 5.85. The number of benzene rings is 3. The van der Waals surface area contributed by atoms with Crippen molar-refractivity contribution in [3.63, 3.8) is 0 Å². The number of hydrogen-bond acceptors (Lipinski definition) is 5. The number of carbonyl (C=O) groups is 2. The van der Waals surface area contributed by atoms with Gasteiger partial charge in [-0.2, -0.15) is 0 Å². The first-order chi connectivity index (χ1) is 18.4. The summed E-state index contributed by atoms with van der Waals surface area (Å²) in [4.78, 5) is 24.0. The number of anilines is 2. The zero-order chi connectivity index (χ0) is 27.2. The summed E-state index contributed by atoms with van der Waals surface area (Å²) in [7, 11) is 0. The lowest BCUT2D eigenvalue weighted by atomic mass is 10.2. The molecular weight excluding hydrogens is 480 g/mol. The van der Waals surface area contributed by atoms with Crippen molar-refractivity contribution in [2.24, 2.45) is 0 Å². The van der Waals surface area contributed by atoms with E-state index in [0.717, 1.165) is 50.5 Å². The van der Waals surface area contributed by atoms with E-state index in [1.807, 2.05) is 12.1 Å². The van der Waals surface area contributed by atoms with Crippen LogP contribution in [0.2, 0.25) is 0 Å². The molecule has 198 valence electrons. The van der Waals surface area contributed by atoms with Gasteiger partial charge >= 0.3 is 11.9 Å². The van der Waals surface area contributed by atoms with E-state index in [1.54, 1.807) is 0 Å². The first kappa shape index (κ1) is 28.2. The number of ether oxygens (including phenoxy) is 1. The Morgan fingerprint density at radius 3 is 2.00 bits per heavy atom. The Morgan fingerprint density at radius 1 is 0.895 bits per heavy atom. The molecular formula is C31H34N2O5. The topological polar surface area (TPSA) is 90.3 Å². The average molecular weight is 515 g/mol. The van der Waals surface area contributed by atoms with Gasteiger partial charge in [-0.15, -0.1) is 0 Å². The summed E-state index contributed by atoms with van der Waals surface area (Å²) in [5.74, 6) is -0.483. The van der Waals surface area contributed by atoms with Gasteiger partial charge in [-0.25, -0.2) is 9.59 Å². The summed E-state index contributed by atoms with van der Waals surface area (Å²) < 4.78 is 6.07. The highest BCUT2D eigenvalue weighted by Gasteiger charge is 2.14.